The van der Waals surface area contributed by atoms with E-state index in [9.17, 15) is 9.59 Å². The Morgan fingerprint density at radius 3 is 2.59 bits per heavy atom. The third kappa shape index (κ3) is 4.89. The number of nitrogens with zero attached hydrogens (tertiary/aromatic N) is 1. The molecule has 120 valence electrons. The van der Waals surface area contributed by atoms with E-state index in [1.165, 1.54) is 0 Å². The zero-order valence-corrected chi connectivity index (χ0v) is 14.0. The number of hydrogen-bond acceptors (Lipinski definition) is 3. The van der Waals surface area contributed by atoms with Crippen LogP contribution in [0.5, 0.6) is 0 Å². The third-order valence-corrected chi connectivity index (χ3v) is 4.43. The summed E-state index contributed by atoms with van der Waals surface area (Å²) in [6, 6.07) is 4.92. The molecule has 6 heteroatoms. The Hall–Kier alpha value is -1.26. The van der Waals surface area contributed by atoms with Crippen LogP contribution in [-0.4, -0.2) is 36.5 Å². The molecule has 1 fully saturated rings. The number of carbonyl (C=O) groups excluding carboxylic acids is 2. The largest absolute Gasteiger partial charge is 0.455 e. The molecule has 4 nitrogen and oxygen atoms in total. The van der Waals surface area contributed by atoms with E-state index >= 15 is 0 Å². The zero-order chi connectivity index (χ0) is 16.1. The molecule has 0 aromatic heterocycles. The van der Waals surface area contributed by atoms with Gasteiger partial charge in [-0.2, -0.15) is 0 Å². The fourth-order valence-corrected chi connectivity index (χ4v) is 2.84. The Labute approximate surface area is 140 Å². The van der Waals surface area contributed by atoms with Gasteiger partial charge in [0.1, 0.15) is 0 Å². The van der Waals surface area contributed by atoms with Gasteiger partial charge < -0.3 is 9.64 Å². The molecule has 0 spiro atoms. The Balaban J connectivity index is 1.79. The molecule has 0 N–H and O–H groups in total. The monoisotopic (exact) mass is 343 g/mol. The third-order valence-electron chi connectivity index (χ3n) is 3.84. The van der Waals surface area contributed by atoms with E-state index in [2.05, 4.69) is 6.92 Å². The van der Waals surface area contributed by atoms with Crippen molar-refractivity contribution in [3.63, 3.8) is 0 Å². The van der Waals surface area contributed by atoms with E-state index in [1.54, 1.807) is 23.1 Å². The van der Waals surface area contributed by atoms with Gasteiger partial charge in [0.15, 0.2) is 6.61 Å². The normalized spacial score (nSPS) is 15.7. The maximum Gasteiger partial charge on any atom is 0.310 e. The number of halogens is 2. The van der Waals surface area contributed by atoms with E-state index in [0.29, 0.717) is 21.5 Å². The number of ether oxygens (including phenoxy) is 1. The second-order valence-corrected chi connectivity index (χ2v) is 6.48. The van der Waals surface area contributed by atoms with Gasteiger partial charge in [-0.3, -0.25) is 9.59 Å². The number of hydrogen-bond donors (Lipinski definition) is 0. The van der Waals surface area contributed by atoms with Gasteiger partial charge in [-0.05, 0) is 36.5 Å². The van der Waals surface area contributed by atoms with Crippen molar-refractivity contribution in [3.05, 3.63) is 33.8 Å². The molecular weight excluding hydrogens is 325 g/mol. The van der Waals surface area contributed by atoms with Gasteiger partial charge in [-0.25, -0.2) is 0 Å². The molecule has 1 aliphatic heterocycles. The van der Waals surface area contributed by atoms with Crippen molar-refractivity contribution in [3.8, 4) is 0 Å². The van der Waals surface area contributed by atoms with Gasteiger partial charge in [-0.1, -0.05) is 36.2 Å². The van der Waals surface area contributed by atoms with Crippen LogP contribution < -0.4 is 0 Å². The number of likely N-dealkylation sites (tertiary alicyclic amines) is 1. The van der Waals surface area contributed by atoms with Crippen LogP contribution in [0.15, 0.2) is 18.2 Å². The first kappa shape index (κ1) is 17.1. The van der Waals surface area contributed by atoms with E-state index in [1.807, 2.05) is 0 Å². The second-order valence-electron chi connectivity index (χ2n) is 5.64. The lowest BCUT2D eigenvalue weighted by atomic mass is 9.99. The average molecular weight is 344 g/mol. The summed E-state index contributed by atoms with van der Waals surface area (Å²) in [6.07, 6.45) is 2.03. The minimum Gasteiger partial charge on any atom is -0.455 e. The van der Waals surface area contributed by atoms with Crippen LogP contribution in [0.1, 0.15) is 25.3 Å². The van der Waals surface area contributed by atoms with Crippen molar-refractivity contribution >= 4 is 35.1 Å². The molecule has 0 saturated carbocycles. The van der Waals surface area contributed by atoms with Gasteiger partial charge >= 0.3 is 5.97 Å². The second kappa shape index (κ2) is 7.84. The summed E-state index contributed by atoms with van der Waals surface area (Å²) < 4.78 is 5.05. The van der Waals surface area contributed by atoms with Crippen LogP contribution in [-0.2, 0) is 20.7 Å². The highest BCUT2D eigenvalue weighted by atomic mass is 35.5. The number of carbonyl (C=O) groups is 2. The van der Waals surface area contributed by atoms with Gasteiger partial charge in [0.05, 0.1) is 6.42 Å². The maximum absolute atomic E-state index is 12.0. The molecule has 0 bridgehead atoms. The van der Waals surface area contributed by atoms with E-state index < -0.39 is 5.97 Å². The Kier molecular flexibility index (Phi) is 6.09. The summed E-state index contributed by atoms with van der Waals surface area (Å²) in [6.45, 7) is 3.44. The van der Waals surface area contributed by atoms with Crippen molar-refractivity contribution in [1.82, 2.24) is 4.90 Å². The van der Waals surface area contributed by atoms with Crippen LogP contribution >= 0.6 is 23.2 Å². The van der Waals surface area contributed by atoms with Crippen molar-refractivity contribution < 1.29 is 14.3 Å². The SMILES string of the molecule is CC1CCN(C(=O)COC(=O)Cc2ccc(Cl)cc2Cl)CC1. The molecule has 0 unspecified atom stereocenters. The summed E-state index contributed by atoms with van der Waals surface area (Å²) in [5, 5.41) is 0.928. The summed E-state index contributed by atoms with van der Waals surface area (Å²) in [5.41, 5.74) is 0.635. The predicted octanol–water partition coefficient (Wildman–Crippen LogP) is 3.34. The van der Waals surface area contributed by atoms with Crippen molar-refractivity contribution in [2.75, 3.05) is 19.7 Å². The number of piperidine rings is 1. The van der Waals surface area contributed by atoms with Crippen molar-refractivity contribution in [1.29, 1.82) is 0 Å². The molecule has 1 saturated heterocycles. The molecule has 1 aromatic carbocycles. The predicted molar refractivity (Wildman–Crippen MR) is 86.1 cm³/mol. The number of benzene rings is 1. The highest BCUT2D eigenvalue weighted by molar-refractivity contribution is 6.35. The van der Waals surface area contributed by atoms with Gasteiger partial charge in [0.2, 0.25) is 0 Å². The Bertz CT molecular complexity index is 554. The van der Waals surface area contributed by atoms with Gasteiger partial charge in [0.25, 0.3) is 5.91 Å². The molecule has 1 heterocycles. The molecule has 0 aliphatic carbocycles. The van der Waals surface area contributed by atoms with Crippen LogP contribution in [0.3, 0.4) is 0 Å². The first-order valence-corrected chi connectivity index (χ1v) is 8.08. The Morgan fingerprint density at radius 1 is 1.27 bits per heavy atom. The minimum absolute atomic E-state index is 0.0281. The molecular formula is C16H19Cl2NO3. The molecule has 22 heavy (non-hydrogen) atoms. The molecule has 1 aliphatic rings. The lowest BCUT2D eigenvalue weighted by molar-refractivity contribution is -0.152. The van der Waals surface area contributed by atoms with Crippen LogP contribution in [0, 0.1) is 5.92 Å². The number of amides is 1. The van der Waals surface area contributed by atoms with Gasteiger partial charge in [-0.15, -0.1) is 0 Å². The fraction of sp³-hybridized carbons (Fsp3) is 0.500. The lowest BCUT2D eigenvalue weighted by Crippen LogP contribution is -2.40. The minimum atomic E-state index is -0.469. The van der Waals surface area contributed by atoms with Crippen LogP contribution in [0.25, 0.3) is 0 Å². The van der Waals surface area contributed by atoms with Crippen LogP contribution in [0.2, 0.25) is 10.0 Å². The standard InChI is InChI=1S/C16H19Cl2NO3/c1-11-4-6-19(7-5-11)15(20)10-22-16(21)8-12-2-3-13(17)9-14(12)18/h2-3,9,11H,4-8,10H2,1H3. The smallest absolute Gasteiger partial charge is 0.310 e. The highest BCUT2D eigenvalue weighted by Crippen LogP contribution is 2.21. The summed E-state index contributed by atoms with van der Waals surface area (Å²) in [4.78, 5) is 25.5. The topological polar surface area (TPSA) is 46.6 Å². The quantitative estimate of drug-likeness (QED) is 0.787. The van der Waals surface area contributed by atoms with E-state index in [4.69, 9.17) is 27.9 Å². The fourth-order valence-electron chi connectivity index (χ4n) is 2.36. The van der Waals surface area contributed by atoms with E-state index in [-0.39, 0.29) is 18.9 Å². The Morgan fingerprint density at radius 2 is 1.95 bits per heavy atom. The molecule has 2 rings (SSSR count). The molecule has 1 aromatic rings. The number of rotatable bonds is 4. The molecule has 0 radical (unpaired) electrons. The first-order valence-electron chi connectivity index (χ1n) is 7.33. The summed E-state index contributed by atoms with van der Waals surface area (Å²) in [5.74, 6) is 0.0454. The van der Waals surface area contributed by atoms with E-state index in [0.717, 1.165) is 25.9 Å². The molecule has 1 amide bonds. The lowest BCUT2D eigenvalue weighted by Gasteiger charge is -2.30. The maximum atomic E-state index is 12.0. The van der Waals surface area contributed by atoms with Crippen molar-refractivity contribution in [2.24, 2.45) is 5.92 Å². The van der Waals surface area contributed by atoms with Gasteiger partial charge in [0, 0.05) is 23.1 Å². The summed E-state index contributed by atoms with van der Waals surface area (Å²) in [7, 11) is 0. The van der Waals surface area contributed by atoms with Crippen molar-refractivity contribution in [2.45, 2.75) is 26.2 Å². The first-order chi connectivity index (χ1) is 10.5. The highest BCUT2D eigenvalue weighted by Gasteiger charge is 2.21. The summed E-state index contributed by atoms with van der Waals surface area (Å²) >= 11 is 11.8. The van der Waals surface area contributed by atoms with Crippen LogP contribution in [0.4, 0.5) is 0 Å². The number of esters is 1. The zero-order valence-electron chi connectivity index (χ0n) is 12.5. The molecule has 0 atom stereocenters. The average Bonchev–Trinajstić information content (AvgIpc) is 2.48.